The SMILES string of the molecule is CCCCCCCC(O)c1ccsc1. The van der Waals surface area contributed by atoms with Gasteiger partial charge in [0.25, 0.3) is 0 Å². The van der Waals surface area contributed by atoms with E-state index in [0.29, 0.717) is 0 Å². The summed E-state index contributed by atoms with van der Waals surface area (Å²) in [5.41, 5.74) is 1.09. The third kappa shape index (κ3) is 4.25. The van der Waals surface area contributed by atoms with E-state index in [0.717, 1.165) is 18.4 Å². The molecule has 0 saturated heterocycles. The zero-order chi connectivity index (χ0) is 10.2. The van der Waals surface area contributed by atoms with Crippen molar-refractivity contribution < 1.29 is 5.11 Å². The molecule has 1 rings (SSSR count). The Balaban J connectivity index is 2.07. The highest BCUT2D eigenvalue weighted by molar-refractivity contribution is 7.07. The summed E-state index contributed by atoms with van der Waals surface area (Å²) >= 11 is 1.66. The third-order valence-electron chi connectivity index (χ3n) is 2.51. The van der Waals surface area contributed by atoms with E-state index in [4.69, 9.17) is 0 Å². The first kappa shape index (κ1) is 11.7. The lowest BCUT2D eigenvalue weighted by Gasteiger charge is -2.07. The van der Waals surface area contributed by atoms with Gasteiger partial charge in [-0.2, -0.15) is 11.3 Å². The number of aliphatic hydroxyl groups excluding tert-OH is 1. The minimum Gasteiger partial charge on any atom is -0.388 e. The highest BCUT2D eigenvalue weighted by atomic mass is 32.1. The van der Waals surface area contributed by atoms with Crippen molar-refractivity contribution in [2.24, 2.45) is 0 Å². The van der Waals surface area contributed by atoms with Crippen molar-refractivity contribution >= 4 is 11.3 Å². The quantitative estimate of drug-likeness (QED) is 0.673. The highest BCUT2D eigenvalue weighted by Gasteiger charge is 2.06. The van der Waals surface area contributed by atoms with E-state index < -0.39 is 0 Å². The molecule has 1 atom stereocenters. The van der Waals surface area contributed by atoms with Gasteiger partial charge in [0.05, 0.1) is 6.10 Å². The van der Waals surface area contributed by atoms with Gasteiger partial charge in [0.2, 0.25) is 0 Å². The van der Waals surface area contributed by atoms with E-state index in [9.17, 15) is 5.11 Å². The maximum atomic E-state index is 9.77. The van der Waals surface area contributed by atoms with Gasteiger partial charge in [-0.25, -0.2) is 0 Å². The largest absolute Gasteiger partial charge is 0.388 e. The standard InChI is InChI=1S/C12H20OS/c1-2-3-4-5-6-7-12(13)11-8-9-14-10-11/h8-10,12-13H,2-7H2,1H3. The highest BCUT2D eigenvalue weighted by Crippen LogP contribution is 2.21. The van der Waals surface area contributed by atoms with E-state index in [-0.39, 0.29) is 6.10 Å². The molecule has 0 aliphatic rings. The van der Waals surface area contributed by atoms with E-state index in [1.54, 1.807) is 11.3 Å². The lowest BCUT2D eigenvalue weighted by molar-refractivity contribution is 0.164. The van der Waals surface area contributed by atoms with Gasteiger partial charge in [-0.3, -0.25) is 0 Å². The van der Waals surface area contributed by atoms with Gasteiger partial charge in [0.15, 0.2) is 0 Å². The third-order valence-corrected chi connectivity index (χ3v) is 3.21. The van der Waals surface area contributed by atoms with E-state index >= 15 is 0 Å². The Labute approximate surface area is 90.8 Å². The van der Waals surface area contributed by atoms with Crippen molar-refractivity contribution in [3.05, 3.63) is 22.4 Å². The minimum absolute atomic E-state index is 0.233. The molecule has 1 nitrogen and oxygen atoms in total. The summed E-state index contributed by atoms with van der Waals surface area (Å²) in [7, 11) is 0. The molecule has 0 saturated carbocycles. The summed E-state index contributed by atoms with van der Waals surface area (Å²) < 4.78 is 0. The first-order valence-electron chi connectivity index (χ1n) is 5.54. The molecule has 1 unspecified atom stereocenters. The maximum Gasteiger partial charge on any atom is 0.0798 e. The first-order chi connectivity index (χ1) is 6.84. The number of rotatable bonds is 7. The lowest BCUT2D eigenvalue weighted by atomic mass is 10.0. The van der Waals surface area contributed by atoms with Crippen molar-refractivity contribution in [3.63, 3.8) is 0 Å². The van der Waals surface area contributed by atoms with Gasteiger partial charge in [0, 0.05) is 0 Å². The van der Waals surface area contributed by atoms with Crippen LogP contribution in [0.1, 0.15) is 57.1 Å². The molecule has 1 heterocycles. The summed E-state index contributed by atoms with van der Waals surface area (Å²) in [5.74, 6) is 0. The Morgan fingerprint density at radius 1 is 1.29 bits per heavy atom. The molecule has 0 aliphatic carbocycles. The van der Waals surface area contributed by atoms with Gasteiger partial charge in [-0.05, 0) is 28.8 Å². The predicted molar refractivity (Wildman–Crippen MR) is 62.7 cm³/mol. The van der Waals surface area contributed by atoms with Crippen LogP contribution in [0.3, 0.4) is 0 Å². The van der Waals surface area contributed by atoms with Crippen LogP contribution in [0.4, 0.5) is 0 Å². The van der Waals surface area contributed by atoms with Crippen molar-refractivity contribution in [1.82, 2.24) is 0 Å². The number of thiophene rings is 1. The number of hydrogen-bond donors (Lipinski definition) is 1. The fourth-order valence-corrected chi connectivity index (χ4v) is 2.28. The van der Waals surface area contributed by atoms with Crippen LogP contribution in [0.2, 0.25) is 0 Å². The van der Waals surface area contributed by atoms with Gasteiger partial charge >= 0.3 is 0 Å². The normalized spacial score (nSPS) is 13.0. The van der Waals surface area contributed by atoms with Crippen LogP contribution < -0.4 is 0 Å². The van der Waals surface area contributed by atoms with Crippen LogP contribution in [0, 0.1) is 0 Å². The van der Waals surface area contributed by atoms with Gasteiger partial charge < -0.3 is 5.11 Å². The molecule has 1 aromatic rings. The smallest absolute Gasteiger partial charge is 0.0798 e. The molecule has 2 heteroatoms. The molecule has 0 amide bonds. The molecular formula is C12H20OS. The predicted octanol–water partition coefficient (Wildman–Crippen LogP) is 4.14. The van der Waals surface area contributed by atoms with E-state index in [1.807, 2.05) is 16.8 Å². The second-order valence-electron chi connectivity index (χ2n) is 3.78. The molecule has 1 aromatic heterocycles. The minimum atomic E-state index is -0.233. The van der Waals surface area contributed by atoms with Crippen molar-refractivity contribution in [2.75, 3.05) is 0 Å². The molecule has 0 aliphatic heterocycles. The number of unbranched alkanes of at least 4 members (excludes halogenated alkanes) is 4. The molecule has 0 radical (unpaired) electrons. The van der Waals surface area contributed by atoms with Crippen LogP contribution in [0.25, 0.3) is 0 Å². The molecule has 14 heavy (non-hydrogen) atoms. The lowest BCUT2D eigenvalue weighted by Crippen LogP contribution is -1.95. The van der Waals surface area contributed by atoms with Gasteiger partial charge in [-0.1, -0.05) is 39.0 Å². The van der Waals surface area contributed by atoms with Gasteiger partial charge in [0.1, 0.15) is 0 Å². The summed E-state index contributed by atoms with van der Waals surface area (Å²) in [4.78, 5) is 0. The van der Waals surface area contributed by atoms with Crippen LogP contribution in [-0.2, 0) is 0 Å². The Kier molecular flexibility index (Phi) is 5.88. The summed E-state index contributed by atoms with van der Waals surface area (Å²) in [5, 5.41) is 13.8. The Bertz CT molecular complexity index is 218. The topological polar surface area (TPSA) is 20.2 Å². The van der Waals surface area contributed by atoms with Crippen LogP contribution >= 0.6 is 11.3 Å². The molecule has 1 N–H and O–H groups in total. The Morgan fingerprint density at radius 3 is 2.71 bits per heavy atom. The van der Waals surface area contributed by atoms with E-state index in [1.165, 1.54) is 25.7 Å². The van der Waals surface area contributed by atoms with Gasteiger partial charge in [-0.15, -0.1) is 0 Å². The zero-order valence-electron chi connectivity index (χ0n) is 8.91. The molecule has 0 fully saturated rings. The summed E-state index contributed by atoms with van der Waals surface area (Å²) in [6.07, 6.45) is 7.02. The summed E-state index contributed by atoms with van der Waals surface area (Å²) in [6, 6.07) is 2.02. The van der Waals surface area contributed by atoms with Crippen LogP contribution in [0.15, 0.2) is 16.8 Å². The Hall–Kier alpha value is -0.340. The maximum absolute atomic E-state index is 9.77. The van der Waals surface area contributed by atoms with Crippen molar-refractivity contribution in [1.29, 1.82) is 0 Å². The fourth-order valence-electron chi connectivity index (χ4n) is 1.57. The Morgan fingerprint density at radius 2 is 2.07 bits per heavy atom. The number of aliphatic hydroxyl groups is 1. The van der Waals surface area contributed by atoms with Crippen LogP contribution in [-0.4, -0.2) is 5.11 Å². The first-order valence-corrected chi connectivity index (χ1v) is 6.49. The molecule has 0 bridgehead atoms. The molecule has 0 spiro atoms. The number of hydrogen-bond acceptors (Lipinski definition) is 2. The average Bonchev–Trinajstić information content (AvgIpc) is 2.70. The monoisotopic (exact) mass is 212 g/mol. The average molecular weight is 212 g/mol. The van der Waals surface area contributed by atoms with Crippen LogP contribution in [0.5, 0.6) is 0 Å². The zero-order valence-corrected chi connectivity index (χ0v) is 9.72. The molecule has 80 valence electrons. The second-order valence-corrected chi connectivity index (χ2v) is 4.56. The fraction of sp³-hybridized carbons (Fsp3) is 0.667. The van der Waals surface area contributed by atoms with E-state index in [2.05, 4.69) is 6.92 Å². The second kappa shape index (κ2) is 7.02. The summed E-state index contributed by atoms with van der Waals surface area (Å²) in [6.45, 7) is 2.22. The van der Waals surface area contributed by atoms with Crippen molar-refractivity contribution in [2.45, 2.75) is 51.6 Å². The molecule has 0 aromatic carbocycles. The molecular weight excluding hydrogens is 192 g/mol. The van der Waals surface area contributed by atoms with Crippen molar-refractivity contribution in [3.8, 4) is 0 Å².